The van der Waals surface area contributed by atoms with Gasteiger partial charge in [0.25, 0.3) is 0 Å². The van der Waals surface area contributed by atoms with Crippen molar-refractivity contribution in [2.24, 2.45) is 0 Å². The van der Waals surface area contributed by atoms with Crippen LogP contribution in [-0.4, -0.2) is 16.1 Å². The topological polar surface area (TPSA) is 6.48 Å². The Bertz CT molecular complexity index is 4240. The fraction of sp³-hybridized carbons (Fsp3) is 0.178. The lowest BCUT2D eigenvalue weighted by molar-refractivity contribution is 0.660. The Balaban J connectivity index is 0.973. The van der Waals surface area contributed by atoms with Gasteiger partial charge in [-0.05, 0) is 178 Å². The molecule has 0 amide bonds. The van der Waals surface area contributed by atoms with Gasteiger partial charge >= 0.3 is 0 Å². The van der Waals surface area contributed by atoms with E-state index in [4.69, 9.17) is 0 Å². The van der Waals surface area contributed by atoms with Crippen molar-refractivity contribution in [1.82, 2.24) is 0 Å². The van der Waals surface area contributed by atoms with Crippen LogP contribution in [0.3, 0.4) is 0 Å². The molecule has 0 N–H and O–H groups in total. The lowest BCUT2D eigenvalue weighted by Gasteiger charge is -2.51. The molecule has 11 aromatic carbocycles. The lowest BCUT2D eigenvalue weighted by atomic mass is 9.82. The first-order valence-electron chi connectivity index (χ1n) is 27.8. The predicted molar refractivity (Wildman–Crippen MR) is 336 cm³/mol. The third-order valence-electron chi connectivity index (χ3n) is 18.5. The van der Waals surface area contributed by atoms with Crippen LogP contribution < -0.4 is 9.80 Å². The van der Waals surface area contributed by atoms with Gasteiger partial charge in [0, 0.05) is 49.6 Å². The van der Waals surface area contributed by atoms with E-state index >= 15 is 0 Å². The Morgan fingerprint density at radius 2 is 0.727 bits per heavy atom. The van der Waals surface area contributed by atoms with Crippen molar-refractivity contribution >= 4 is 82.6 Å². The summed E-state index contributed by atoms with van der Waals surface area (Å²) >= 11 is 0. The second-order valence-electron chi connectivity index (χ2n) is 25.3. The van der Waals surface area contributed by atoms with Gasteiger partial charge in [0.05, 0.1) is 16.1 Å². The van der Waals surface area contributed by atoms with E-state index in [-0.39, 0.29) is 15.5 Å². The van der Waals surface area contributed by atoms with Crippen molar-refractivity contribution in [1.29, 1.82) is 0 Å². The van der Waals surface area contributed by atoms with Crippen LogP contribution in [0, 0.1) is 0 Å². The Morgan fingerprint density at radius 3 is 1.27 bits per heavy atom. The summed E-state index contributed by atoms with van der Waals surface area (Å²) in [5.41, 5.74) is 23.6. The third kappa shape index (κ3) is 6.71. The maximum Gasteiger partial charge on any atom is 0.0579 e. The molecule has 0 saturated heterocycles. The molecule has 4 heteroatoms. The largest absolute Gasteiger partial charge is 0.310 e. The standard InChI is InChI=1S/C73H66N2Si2/c1-71(2)64-31-21-19-28-56(64)58-38-35-53(45-66(58)71)74(49-23-13-11-14-24-49)51-34-33-47-42-63-68(43-48(47)41-51)73(76(5,6)7,77(8,9)10)70-61-40-37-52(44-62(61)55-27-17-18-30-60(55)69(63)70)75(50-25-15-12-16-26-50)54-36-39-59-57-29-20-22-32-65(57)72(3,4)67(59)46-54/h11-46H,1-10H3. The molecule has 77 heavy (non-hydrogen) atoms. The Hall–Kier alpha value is -7.77. The fourth-order valence-electron chi connectivity index (χ4n) is 15.5. The number of rotatable bonds is 8. The van der Waals surface area contributed by atoms with Gasteiger partial charge in [-0.2, -0.15) is 0 Å². The molecule has 0 saturated carbocycles. The molecular weight excluding hydrogens is 961 g/mol. The van der Waals surface area contributed by atoms with Gasteiger partial charge in [0.15, 0.2) is 0 Å². The molecule has 11 aromatic rings. The summed E-state index contributed by atoms with van der Waals surface area (Å²) in [4.78, 5) is 4.97. The first kappa shape index (κ1) is 47.7. The van der Waals surface area contributed by atoms with Crippen LogP contribution in [0.15, 0.2) is 218 Å². The molecule has 0 aliphatic heterocycles. The zero-order valence-corrected chi connectivity index (χ0v) is 48.2. The highest BCUT2D eigenvalue weighted by Crippen LogP contribution is 2.63. The summed E-state index contributed by atoms with van der Waals surface area (Å²) in [6.07, 6.45) is 0. The smallest absolute Gasteiger partial charge is 0.0579 e. The molecule has 0 radical (unpaired) electrons. The van der Waals surface area contributed by atoms with Gasteiger partial charge < -0.3 is 9.80 Å². The van der Waals surface area contributed by atoms with Crippen LogP contribution in [0.1, 0.15) is 61.1 Å². The van der Waals surface area contributed by atoms with Crippen LogP contribution in [-0.2, 0) is 15.5 Å². The van der Waals surface area contributed by atoms with Crippen molar-refractivity contribution in [2.75, 3.05) is 9.80 Å². The van der Waals surface area contributed by atoms with E-state index in [1.54, 1.807) is 5.56 Å². The zero-order chi connectivity index (χ0) is 53.0. The maximum atomic E-state index is 2.66. The molecule has 0 bridgehead atoms. The van der Waals surface area contributed by atoms with Crippen molar-refractivity contribution in [2.45, 2.75) is 82.5 Å². The number of anilines is 6. The van der Waals surface area contributed by atoms with Crippen LogP contribution in [0.2, 0.25) is 39.3 Å². The van der Waals surface area contributed by atoms with E-state index in [0.29, 0.717) is 0 Å². The molecule has 376 valence electrons. The van der Waals surface area contributed by atoms with Gasteiger partial charge in [0.1, 0.15) is 0 Å². The minimum Gasteiger partial charge on any atom is -0.310 e. The molecule has 0 unspecified atom stereocenters. The first-order chi connectivity index (χ1) is 37.0. The monoisotopic (exact) mass is 1030 g/mol. The highest BCUT2D eigenvalue weighted by Gasteiger charge is 2.60. The van der Waals surface area contributed by atoms with Gasteiger partial charge in [0.2, 0.25) is 0 Å². The average Bonchev–Trinajstić information content (AvgIpc) is 4.21. The molecule has 3 aliphatic rings. The van der Waals surface area contributed by atoms with E-state index in [2.05, 4.69) is 295 Å². The SMILES string of the molecule is CC1(C)c2ccccc2-c2ccc(N(c3ccccc3)c3ccc4cc5c(cc4c3)C([Si](C)(C)C)([Si](C)(C)C)c3c-5c4ccccc4c4cc(N(c5ccccc5)c5ccc6c(c5)C(C)(C)c5ccccc5-6)ccc34)cc21. The molecular formula is C73H66N2Si2. The van der Waals surface area contributed by atoms with Crippen molar-refractivity contribution in [3.8, 4) is 33.4 Å². The molecule has 0 aromatic heterocycles. The first-order valence-corrected chi connectivity index (χ1v) is 34.8. The molecule has 0 spiro atoms. The normalized spacial score (nSPS) is 15.2. The second kappa shape index (κ2) is 16.6. The van der Waals surface area contributed by atoms with Crippen molar-refractivity contribution in [3.63, 3.8) is 0 Å². The van der Waals surface area contributed by atoms with Crippen LogP contribution in [0.4, 0.5) is 34.1 Å². The van der Waals surface area contributed by atoms with Crippen molar-refractivity contribution in [3.05, 3.63) is 252 Å². The highest BCUT2D eigenvalue weighted by molar-refractivity contribution is 7.00. The van der Waals surface area contributed by atoms with E-state index in [0.717, 1.165) is 11.4 Å². The van der Waals surface area contributed by atoms with Gasteiger partial charge in [-0.15, -0.1) is 0 Å². The Kier molecular flexibility index (Phi) is 10.3. The summed E-state index contributed by atoms with van der Waals surface area (Å²) in [5.74, 6) is 0. The Labute approximate surface area is 457 Å². The molecule has 2 nitrogen and oxygen atoms in total. The number of hydrogen-bond acceptors (Lipinski definition) is 2. The van der Waals surface area contributed by atoms with Crippen LogP contribution in [0.25, 0.3) is 65.7 Å². The summed E-state index contributed by atoms with van der Waals surface area (Å²) in [7, 11) is -4.29. The molecule has 0 fully saturated rings. The third-order valence-corrected chi connectivity index (χ3v) is 28.5. The second-order valence-corrected chi connectivity index (χ2v) is 36.3. The average molecular weight is 1030 g/mol. The maximum absolute atomic E-state index is 2.66. The van der Waals surface area contributed by atoms with Crippen LogP contribution in [0.5, 0.6) is 0 Å². The summed E-state index contributed by atoms with van der Waals surface area (Å²) in [6, 6.07) is 83.5. The zero-order valence-electron chi connectivity index (χ0n) is 46.2. The number of hydrogen-bond donors (Lipinski definition) is 0. The van der Waals surface area contributed by atoms with E-state index in [1.165, 1.54) is 116 Å². The highest BCUT2D eigenvalue weighted by atomic mass is 28.4. The molecule has 0 atom stereocenters. The summed E-state index contributed by atoms with van der Waals surface area (Å²) < 4.78 is -0.113. The summed E-state index contributed by atoms with van der Waals surface area (Å²) in [5, 5.41) is 7.94. The minimum absolute atomic E-state index is 0.107. The quantitative estimate of drug-likeness (QED) is 0.111. The van der Waals surface area contributed by atoms with E-state index in [9.17, 15) is 0 Å². The molecule has 3 aliphatic carbocycles. The number of fused-ring (bicyclic) bond motifs is 15. The number of para-hydroxylation sites is 2. The minimum atomic E-state index is -2.15. The van der Waals surface area contributed by atoms with Gasteiger partial charge in [-0.1, -0.05) is 207 Å². The van der Waals surface area contributed by atoms with Crippen LogP contribution >= 0.6 is 0 Å². The number of benzene rings is 11. The molecule has 0 heterocycles. The van der Waals surface area contributed by atoms with E-state index in [1.807, 2.05) is 0 Å². The summed E-state index contributed by atoms with van der Waals surface area (Å²) in [6.45, 7) is 25.5. The fourth-order valence-corrected chi connectivity index (χ4v) is 28.5. The Morgan fingerprint density at radius 1 is 0.286 bits per heavy atom. The van der Waals surface area contributed by atoms with Gasteiger partial charge in [-0.3, -0.25) is 0 Å². The molecule has 14 rings (SSSR count). The predicted octanol–water partition coefficient (Wildman–Crippen LogP) is 20.7. The van der Waals surface area contributed by atoms with Gasteiger partial charge in [-0.25, -0.2) is 0 Å². The van der Waals surface area contributed by atoms with E-state index < -0.39 is 16.1 Å². The lowest BCUT2D eigenvalue weighted by Crippen LogP contribution is -2.63. The number of nitrogens with zero attached hydrogens (tertiary/aromatic N) is 2. The van der Waals surface area contributed by atoms with Crippen molar-refractivity contribution < 1.29 is 0 Å².